The number of para-hydroxylation sites is 1. The third kappa shape index (κ3) is 2.14. The summed E-state index contributed by atoms with van der Waals surface area (Å²) in [6, 6.07) is 9.36. The van der Waals surface area contributed by atoms with Gasteiger partial charge in [0.05, 0.1) is 16.1 Å². The van der Waals surface area contributed by atoms with Crippen molar-refractivity contribution in [3.05, 3.63) is 52.6 Å². The van der Waals surface area contributed by atoms with E-state index in [9.17, 15) is 4.79 Å². The van der Waals surface area contributed by atoms with E-state index in [0.29, 0.717) is 16.2 Å². The maximum Gasteiger partial charge on any atom is 0.281 e. The highest BCUT2D eigenvalue weighted by atomic mass is 32.2. The molecule has 0 fully saturated rings. The first-order chi connectivity index (χ1) is 10.6. The Labute approximate surface area is 130 Å². The van der Waals surface area contributed by atoms with E-state index in [1.165, 1.54) is 6.26 Å². The molecule has 0 bridgehead atoms. The first kappa shape index (κ1) is 14.2. The summed E-state index contributed by atoms with van der Waals surface area (Å²) in [6.07, 6.45) is 1.38. The summed E-state index contributed by atoms with van der Waals surface area (Å²) in [5.74, 6) is 0. The van der Waals surface area contributed by atoms with Gasteiger partial charge in [-0.25, -0.2) is 4.68 Å². The van der Waals surface area contributed by atoms with Gasteiger partial charge in [0.2, 0.25) is 0 Å². The van der Waals surface area contributed by atoms with Gasteiger partial charge >= 0.3 is 0 Å². The summed E-state index contributed by atoms with van der Waals surface area (Å²) in [5.41, 5.74) is 2.17. The molecule has 7 heteroatoms. The number of nitrogens with zero attached hydrogens (tertiary/aromatic N) is 4. The first-order valence-electron chi connectivity index (χ1n) is 6.50. The number of aromatic nitrogens is 3. The van der Waals surface area contributed by atoms with Crippen LogP contribution >= 0.6 is 11.8 Å². The van der Waals surface area contributed by atoms with Crippen molar-refractivity contribution in [3.8, 4) is 22.3 Å². The number of hydrogen-bond donors (Lipinski definition) is 0. The van der Waals surface area contributed by atoms with Gasteiger partial charge in [-0.1, -0.05) is 23.4 Å². The molecule has 0 radical (unpaired) electrons. The molecule has 3 rings (SSSR count). The van der Waals surface area contributed by atoms with Crippen LogP contribution in [0.3, 0.4) is 0 Å². The van der Waals surface area contributed by atoms with Crippen LogP contribution in [-0.2, 0) is 7.05 Å². The lowest BCUT2D eigenvalue weighted by molar-refractivity contribution is 0.420. The Morgan fingerprint density at radius 1 is 1.32 bits per heavy atom. The highest BCUT2D eigenvalue weighted by molar-refractivity contribution is 8.03. The van der Waals surface area contributed by atoms with Crippen molar-refractivity contribution in [2.24, 2.45) is 7.05 Å². The molecule has 110 valence electrons. The molecule has 0 saturated carbocycles. The van der Waals surface area contributed by atoms with Crippen molar-refractivity contribution < 1.29 is 4.52 Å². The summed E-state index contributed by atoms with van der Waals surface area (Å²) in [6.45, 7) is 1.84. The molecule has 0 aliphatic carbocycles. The minimum atomic E-state index is -0.195. The third-order valence-corrected chi connectivity index (χ3v) is 4.08. The molecule has 0 aliphatic rings. The van der Waals surface area contributed by atoms with Crippen LogP contribution in [0.15, 0.2) is 50.8 Å². The van der Waals surface area contributed by atoms with Gasteiger partial charge < -0.3 is 4.52 Å². The molecule has 0 spiro atoms. The Bertz CT molecular complexity index is 915. The third-order valence-electron chi connectivity index (χ3n) is 3.48. The lowest BCUT2D eigenvalue weighted by Crippen LogP contribution is -2.20. The second-order valence-electron chi connectivity index (χ2n) is 4.66. The van der Waals surface area contributed by atoms with Crippen LogP contribution in [0.25, 0.3) is 16.9 Å². The molecule has 6 nitrogen and oxygen atoms in total. The molecule has 1 aromatic carbocycles. The van der Waals surface area contributed by atoms with E-state index in [4.69, 9.17) is 9.78 Å². The van der Waals surface area contributed by atoms with Crippen LogP contribution in [0.4, 0.5) is 0 Å². The maximum atomic E-state index is 12.8. The van der Waals surface area contributed by atoms with Gasteiger partial charge in [0.1, 0.15) is 17.4 Å². The number of benzene rings is 1. The fourth-order valence-electron chi connectivity index (χ4n) is 2.36. The first-order valence-corrected chi connectivity index (χ1v) is 7.31. The lowest BCUT2D eigenvalue weighted by Gasteiger charge is -2.07. The van der Waals surface area contributed by atoms with Gasteiger partial charge in [-0.3, -0.25) is 9.48 Å². The number of rotatable bonds is 3. The van der Waals surface area contributed by atoms with Crippen LogP contribution in [0.2, 0.25) is 0 Å². The van der Waals surface area contributed by atoms with Gasteiger partial charge in [0, 0.05) is 12.7 Å². The van der Waals surface area contributed by atoms with E-state index in [0.717, 1.165) is 23.1 Å². The van der Waals surface area contributed by atoms with Crippen LogP contribution < -0.4 is 5.56 Å². The van der Waals surface area contributed by atoms with Crippen molar-refractivity contribution in [1.82, 2.24) is 14.5 Å². The number of nitriles is 1. The van der Waals surface area contributed by atoms with E-state index in [2.05, 4.69) is 5.16 Å². The summed E-state index contributed by atoms with van der Waals surface area (Å²) < 4.78 is 8.27. The van der Waals surface area contributed by atoms with Gasteiger partial charge in [-0.2, -0.15) is 5.26 Å². The lowest BCUT2D eigenvalue weighted by atomic mass is 10.2. The van der Waals surface area contributed by atoms with E-state index in [-0.39, 0.29) is 5.56 Å². The highest BCUT2D eigenvalue weighted by Crippen LogP contribution is 2.30. The predicted octanol–water partition coefficient (Wildman–Crippen LogP) is 2.71. The van der Waals surface area contributed by atoms with Crippen molar-refractivity contribution in [2.75, 3.05) is 0 Å². The van der Waals surface area contributed by atoms with Crippen LogP contribution in [0.1, 0.15) is 5.69 Å². The Kier molecular flexibility index (Phi) is 3.61. The van der Waals surface area contributed by atoms with Gasteiger partial charge in [-0.15, -0.1) is 0 Å². The maximum absolute atomic E-state index is 12.8. The smallest absolute Gasteiger partial charge is 0.281 e. The summed E-state index contributed by atoms with van der Waals surface area (Å²) >= 11 is 0.924. The van der Waals surface area contributed by atoms with E-state index in [1.54, 1.807) is 9.36 Å². The quantitative estimate of drug-likeness (QED) is 0.549. The average molecular weight is 312 g/mol. The average Bonchev–Trinajstić information content (AvgIpc) is 3.05. The van der Waals surface area contributed by atoms with Crippen molar-refractivity contribution in [3.63, 3.8) is 0 Å². The molecule has 0 amide bonds. The predicted molar refractivity (Wildman–Crippen MR) is 82.7 cm³/mol. The van der Waals surface area contributed by atoms with Crippen LogP contribution in [0.5, 0.6) is 0 Å². The molecule has 0 unspecified atom stereocenters. The zero-order valence-electron chi connectivity index (χ0n) is 12.0. The molecular formula is C15H12N4O2S. The second kappa shape index (κ2) is 5.58. The van der Waals surface area contributed by atoms with E-state index in [1.807, 2.05) is 49.7 Å². The van der Waals surface area contributed by atoms with Crippen LogP contribution in [0, 0.1) is 17.6 Å². The fourth-order valence-corrected chi connectivity index (χ4v) is 2.78. The van der Waals surface area contributed by atoms with Gasteiger partial charge in [0.15, 0.2) is 0 Å². The fraction of sp³-hybridized carbons (Fsp3) is 0.133. The Morgan fingerprint density at radius 2 is 2.05 bits per heavy atom. The number of thioether (sulfide) groups is 1. The molecule has 2 heterocycles. The minimum Gasteiger partial charge on any atom is -0.363 e. The molecular weight excluding hydrogens is 300 g/mol. The van der Waals surface area contributed by atoms with Crippen molar-refractivity contribution >= 4 is 11.8 Å². The van der Waals surface area contributed by atoms with Gasteiger partial charge in [0.25, 0.3) is 5.56 Å². The minimum absolute atomic E-state index is 0.195. The normalized spacial score (nSPS) is 10.6. The summed E-state index contributed by atoms with van der Waals surface area (Å²) in [7, 11) is 1.81. The van der Waals surface area contributed by atoms with E-state index >= 15 is 0 Å². The molecule has 3 aromatic rings. The molecule has 0 atom stereocenters. The molecule has 0 saturated heterocycles. The topological polar surface area (TPSA) is 76.8 Å². The Hall–Kier alpha value is -2.72. The van der Waals surface area contributed by atoms with Crippen molar-refractivity contribution in [2.45, 2.75) is 11.8 Å². The standard InChI is InChI=1S/C15H12N4O2S/c1-10-13(14-12(22-9-16)8-21-17-14)15(20)19(18(10)2)11-6-4-3-5-7-11/h3-8H,1-2H3. The molecule has 22 heavy (non-hydrogen) atoms. The highest BCUT2D eigenvalue weighted by Gasteiger charge is 2.23. The molecule has 0 aliphatic heterocycles. The van der Waals surface area contributed by atoms with Crippen LogP contribution in [-0.4, -0.2) is 14.5 Å². The second-order valence-corrected chi connectivity index (χ2v) is 5.48. The summed E-state index contributed by atoms with van der Waals surface area (Å²) in [5, 5.41) is 14.7. The molecule has 0 N–H and O–H groups in total. The monoisotopic (exact) mass is 312 g/mol. The Morgan fingerprint density at radius 3 is 2.73 bits per heavy atom. The van der Waals surface area contributed by atoms with Crippen molar-refractivity contribution in [1.29, 1.82) is 5.26 Å². The SMILES string of the molecule is Cc1c(-c2nocc2SC#N)c(=O)n(-c2ccccc2)n1C. The molecule has 2 aromatic heterocycles. The summed E-state index contributed by atoms with van der Waals surface area (Å²) in [4.78, 5) is 13.4. The number of hydrogen-bond acceptors (Lipinski definition) is 5. The zero-order chi connectivity index (χ0) is 15.7. The van der Waals surface area contributed by atoms with Gasteiger partial charge in [-0.05, 0) is 30.8 Å². The largest absolute Gasteiger partial charge is 0.363 e. The van der Waals surface area contributed by atoms with E-state index < -0.39 is 0 Å². The number of thiocyanates is 1. The zero-order valence-corrected chi connectivity index (χ0v) is 12.8. The Balaban J connectivity index is 2.26.